The molecule has 3 rings (SSSR count). The second-order valence-electron chi connectivity index (χ2n) is 10.1. The number of nitrogens with one attached hydrogen (secondary N) is 1. The Balaban J connectivity index is 1.73. The second kappa shape index (κ2) is 11.5. The first-order valence-electron chi connectivity index (χ1n) is 12.3. The molecule has 2 aliphatic heterocycles. The molecule has 1 unspecified atom stereocenters. The zero-order valence-corrected chi connectivity index (χ0v) is 21.3. The van der Waals surface area contributed by atoms with E-state index in [2.05, 4.69) is 10.1 Å². The quantitative estimate of drug-likeness (QED) is 0.447. The van der Waals surface area contributed by atoms with E-state index in [9.17, 15) is 24.0 Å². The van der Waals surface area contributed by atoms with E-state index < -0.39 is 47.5 Å². The number of carbonyl (C=O) groups is 5. The van der Waals surface area contributed by atoms with Gasteiger partial charge in [0.25, 0.3) is 5.78 Å². The SMILES string of the molecule is COC(=O)C(=O)C(Cc1ccccc1)NC(=O)[C@@H]1CCCN1C(=O)[C@@H]1CCCN1C(=O)OC(C)(C)C. The number of amides is 3. The molecule has 10 nitrogen and oxygen atoms in total. The van der Waals surface area contributed by atoms with Crippen LogP contribution >= 0.6 is 0 Å². The van der Waals surface area contributed by atoms with Gasteiger partial charge in [0.1, 0.15) is 23.7 Å². The van der Waals surface area contributed by atoms with Crippen LogP contribution in [-0.4, -0.2) is 83.4 Å². The van der Waals surface area contributed by atoms with Gasteiger partial charge >= 0.3 is 12.1 Å². The number of likely N-dealkylation sites (tertiary alicyclic amines) is 2. The fraction of sp³-hybridized carbons (Fsp3) is 0.577. The molecule has 2 heterocycles. The minimum Gasteiger partial charge on any atom is -0.463 e. The topological polar surface area (TPSA) is 122 Å². The van der Waals surface area contributed by atoms with Gasteiger partial charge in [-0.3, -0.25) is 19.3 Å². The van der Waals surface area contributed by atoms with Gasteiger partial charge in [0, 0.05) is 19.5 Å². The third-order valence-electron chi connectivity index (χ3n) is 6.31. The molecule has 3 atom stereocenters. The van der Waals surface area contributed by atoms with Gasteiger partial charge in [0.05, 0.1) is 7.11 Å². The molecule has 2 fully saturated rings. The van der Waals surface area contributed by atoms with Crippen molar-refractivity contribution in [3.05, 3.63) is 35.9 Å². The number of hydrogen-bond donors (Lipinski definition) is 1. The van der Waals surface area contributed by atoms with Crippen LogP contribution in [0.2, 0.25) is 0 Å². The Labute approximate surface area is 211 Å². The van der Waals surface area contributed by atoms with Gasteiger partial charge < -0.3 is 19.7 Å². The molecule has 0 radical (unpaired) electrons. The van der Waals surface area contributed by atoms with Crippen LogP contribution < -0.4 is 5.32 Å². The molecule has 36 heavy (non-hydrogen) atoms. The first kappa shape index (κ1) is 27.2. The van der Waals surface area contributed by atoms with Crippen LogP contribution in [0.15, 0.2) is 30.3 Å². The van der Waals surface area contributed by atoms with Gasteiger partial charge in [-0.25, -0.2) is 9.59 Å². The fourth-order valence-electron chi connectivity index (χ4n) is 4.63. The molecule has 2 saturated heterocycles. The number of nitrogens with zero attached hydrogens (tertiary/aromatic N) is 2. The van der Waals surface area contributed by atoms with Crippen LogP contribution in [0.3, 0.4) is 0 Å². The van der Waals surface area contributed by atoms with Gasteiger partial charge in [0.15, 0.2) is 0 Å². The molecule has 10 heteroatoms. The molecule has 0 saturated carbocycles. The number of rotatable bonds is 7. The summed E-state index contributed by atoms with van der Waals surface area (Å²) < 4.78 is 10.0. The Morgan fingerprint density at radius 1 is 0.972 bits per heavy atom. The van der Waals surface area contributed by atoms with E-state index >= 15 is 0 Å². The Morgan fingerprint density at radius 2 is 1.58 bits per heavy atom. The van der Waals surface area contributed by atoms with Crippen molar-refractivity contribution in [3.8, 4) is 0 Å². The van der Waals surface area contributed by atoms with Crippen molar-refractivity contribution >= 4 is 29.7 Å². The third kappa shape index (κ3) is 6.61. The zero-order chi connectivity index (χ0) is 26.5. The van der Waals surface area contributed by atoms with Crippen molar-refractivity contribution in [1.82, 2.24) is 15.1 Å². The van der Waals surface area contributed by atoms with E-state index in [-0.39, 0.29) is 12.3 Å². The van der Waals surface area contributed by atoms with Gasteiger partial charge in [-0.2, -0.15) is 0 Å². The highest BCUT2D eigenvalue weighted by Gasteiger charge is 2.44. The maximum atomic E-state index is 13.5. The maximum absolute atomic E-state index is 13.5. The third-order valence-corrected chi connectivity index (χ3v) is 6.31. The standard InChI is InChI=1S/C26H35N3O7/c1-26(2,3)36-25(34)29-15-9-13-20(29)23(32)28-14-8-12-19(28)22(31)27-18(21(30)24(33)35-4)16-17-10-6-5-7-11-17/h5-7,10-11,18-20H,8-9,12-16H2,1-4H3,(H,27,31)/t18?,19-,20-/m0/s1. The summed E-state index contributed by atoms with van der Waals surface area (Å²) >= 11 is 0. The molecular formula is C26H35N3O7. The van der Waals surface area contributed by atoms with Crippen molar-refractivity contribution in [2.45, 2.75) is 76.6 Å². The summed E-state index contributed by atoms with van der Waals surface area (Å²) in [6, 6.07) is 6.37. The summed E-state index contributed by atoms with van der Waals surface area (Å²) in [7, 11) is 1.11. The largest absolute Gasteiger partial charge is 0.463 e. The number of benzene rings is 1. The van der Waals surface area contributed by atoms with Crippen LogP contribution in [0.1, 0.15) is 52.0 Å². The van der Waals surface area contributed by atoms with Gasteiger partial charge in [-0.05, 0) is 52.0 Å². The van der Waals surface area contributed by atoms with Crippen molar-refractivity contribution in [1.29, 1.82) is 0 Å². The molecule has 0 aliphatic carbocycles. The number of methoxy groups -OCH3 is 1. The summed E-state index contributed by atoms with van der Waals surface area (Å²) in [5, 5.41) is 2.67. The maximum Gasteiger partial charge on any atom is 0.410 e. The highest BCUT2D eigenvalue weighted by Crippen LogP contribution is 2.26. The highest BCUT2D eigenvalue weighted by molar-refractivity contribution is 6.36. The second-order valence-corrected chi connectivity index (χ2v) is 10.1. The van der Waals surface area contributed by atoms with Gasteiger partial charge in [0.2, 0.25) is 11.8 Å². The van der Waals surface area contributed by atoms with Crippen molar-refractivity contribution in [3.63, 3.8) is 0 Å². The van der Waals surface area contributed by atoms with Crippen LogP contribution in [0.25, 0.3) is 0 Å². The van der Waals surface area contributed by atoms with Crippen LogP contribution in [0.4, 0.5) is 4.79 Å². The number of carbonyl (C=O) groups excluding carboxylic acids is 5. The van der Waals surface area contributed by atoms with E-state index in [0.29, 0.717) is 38.8 Å². The Bertz CT molecular complexity index is 989. The Hall–Kier alpha value is -3.43. The molecule has 0 spiro atoms. The first-order valence-corrected chi connectivity index (χ1v) is 12.3. The molecule has 196 valence electrons. The average molecular weight is 502 g/mol. The molecule has 1 N–H and O–H groups in total. The smallest absolute Gasteiger partial charge is 0.410 e. The Kier molecular flexibility index (Phi) is 8.70. The molecule has 1 aromatic carbocycles. The number of Topliss-reactive ketones (excluding diaryl/α,β-unsaturated/α-hetero) is 1. The van der Waals surface area contributed by atoms with Crippen LogP contribution in [-0.2, 0) is 35.1 Å². The van der Waals surface area contributed by atoms with E-state index in [1.807, 2.05) is 6.07 Å². The lowest BCUT2D eigenvalue weighted by atomic mass is 10.0. The lowest BCUT2D eigenvalue weighted by molar-refractivity contribution is -0.153. The van der Waals surface area contributed by atoms with E-state index in [1.54, 1.807) is 45.0 Å². The van der Waals surface area contributed by atoms with Crippen LogP contribution in [0.5, 0.6) is 0 Å². The highest BCUT2D eigenvalue weighted by atomic mass is 16.6. The molecule has 0 aromatic heterocycles. The zero-order valence-electron chi connectivity index (χ0n) is 21.3. The number of ketones is 1. The van der Waals surface area contributed by atoms with Gasteiger partial charge in [-0.15, -0.1) is 0 Å². The average Bonchev–Trinajstić information content (AvgIpc) is 3.52. The predicted molar refractivity (Wildman–Crippen MR) is 130 cm³/mol. The number of hydrogen-bond acceptors (Lipinski definition) is 7. The lowest BCUT2D eigenvalue weighted by Crippen LogP contribution is -2.56. The van der Waals surface area contributed by atoms with Crippen molar-refractivity contribution < 1.29 is 33.4 Å². The summed E-state index contributed by atoms with van der Waals surface area (Å²) in [6.07, 6.45) is 1.73. The monoisotopic (exact) mass is 501 g/mol. The molecule has 2 aliphatic rings. The summed E-state index contributed by atoms with van der Waals surface area (Å²) in [6.45, 7) is 6.06. The van der Waals surface area contributed by atoms with E-state index in [1.165, 1.54) is 9.80 Å². The summed E-state index contributed by atoms with van der Waals surface area (Å²) in [4.78, 5) is 66.9. The minimum absolute atomic E-state index is 0.107. The number of esters is 1. The molecular weight excluding hydrogens is 466 g/mol. The summed E-state index contributed by atoms with van der Waals surface area (Å²) in [5.41, 5.74) is 0.0712. The lowest BCUT2D eigenvalue weighted by Gasteiger charge is -2.32. The fourth-order valence-corrected chi connectivity index (χ4v) is 4.63. The first-order chi connectivity index (χ1) is 17.0. The molecule has 3 amide bonds. The summed E-state index contributed by atoms with van der Waals surface area (Å²) in [5.74, 6) is -2.73. The van der Waals surface area contributed by atoms with Crippen molar-refractivity contribution in [2.75, 3.05) is 20.2 Å². The van der Waals surface area contributed by atoms with Crippen LogP contribution in [0, 0.1) is 0 Å². The molecule has 1 aromatic rings. The normalized spacial score (nSPS) is 20.6. The minimum atomic E-state index is -1.13. The van der Waals surface area contributed by atoms with Crippen molar-refractivity contribution in [2.24, 2.45) is 0 Å². The molecule has 0 bridgehead atoms. The Morgan fingerprint density at radius 3 is 2.19 bits per heavy atom. The number of ether oxygens (including phenoxy) is 2. The van der Waals surface area contributed by atoms with Gasteiger partial charge in [-0.1, -0.05) is 30.3 Å². The van der Waals surface area contributed by atoms with E-state index in [0.717, 1.165) is 12.7 Å². The predicted octanol–water partition coefficient (Wildman–Crippen LogP) is 1.85. The van der Waals surface area contributed by atoms with E-state index in [4.69, 9.17) is 4.74 Å².